The predicted molar refractivity (Wildman–Crippen MR) is 94.5 cm³/mol. The minimum absolute atomic E-state index is 0.0850. The lowest BCUT2D eigenvalue weighted by atomic mass is 10.2. The minimum Gasteiger partial charge on any atom is -0.487 e. The van der Waals surface area contributed by atoms with Crippen molar-refractivity contribution >= 4 is 11.0 Å². The molecule has 0 radical (unpaired) electrons. The van der Waals surface area contributed by atoms with Crippen molar-refractivity contribution in [3.05, 3.63) is 59.9 Å². The van der Waals surface area contributed by atoms with Crippen LogP contribution >= 0.6 is 0 Å². The molecule has 1 N–H and O–H groups in total. The van der Waals surface area contributed by atoms with Crippen LogP contribution in [-0.4, -0.2) is 13.9 Å². The Balaban J connectivity index is 1.92. The highest BCUT2D eigenvalue weighted by molar-refractivity contribution is 7.84. The molecule has 0 aliphatic heterocycles. The quantitative estimate of drug-likeness (QED) is 0.876. The predicted octanol–water partition coefficient (Wildman–Crippen LogP) is 3.77. The van der Waals surface area contributed by atoms with Crippen LogP contribution in [0.1, 0.15) is 45.0 Å². The first kappa shape index (κ1) is 17.6. The topological polar surface area (TPSA) is 51.2 Å². The Morgan fingerprint density at radius 2 is 1.87 bits per heavy atom. The zero-order valence-corrected chi connectivity index (χ0v) is 14.9. The highest BCUT2D eigenvalue weighted by atomic mass is 32.2. The van der Waals surface area contributed by atoms with Gasteiger partial charge in [-0.3, -0.25) is 4.98 Å². The molecule has 0 spiro atoms. The van der Waals surface area contributed by atoms with Gasteiger partial charge in [0.25, 0.3) is 0 Å². The van der Waals surface area contributed by atoms with Gasteiger partial charge in [0.05, 0.1) is 33.7 Å². The zero-order valence-electron chi connectivity index (χ0n) is 14.1. The molecule has 1 heterocycles. The molecule has 1 aromatic heterocycles. The molecular formula is C18H24N2O2S. The Bertz CT molecular complexity index is 636. The van der Waals surface area contributed by atoms with Gasteiger partial charge in [-0.25, -0.2) is 8.93 Å². The SMILES string of the molecule is C[C@@H](NS(=O)C(C)(C)C)c1ccc(OCc2ccccc2)cn1. The molecule has 2 aromatic rings. The Hall–Kier alpha value is -1.72. The number of nitrogens with zero attached hydrogens (tertiary/aromatic N) is 1. The van der Waals surface area contributed by atoms with Crippen LogP contribution in [0.2, 0.25) is 0 Å². The number of hydrogen-bond acceptors (Lipinski definition) is 3. The largest absolute Gasteiger partial charge is 0.487 e. The standard InChI is InChI=1S/C18H24N2O2S/c1-14(20-23(21)18(2,3)4)17-11-10-16(12-19-17)22-13-15-8-6-5-7-9-15/h5-12,14,20H,13H2,1-4H3/t14-,23?/m1/s1. The number of pyridine rings is 1. The molecule has 1 unspecified atom stereocenters. The average molecular weight is 332 g/mol. The molecule has 23 heavy (non-hydrogen) atoms. The number of ether oxygens (including phenoxy) is 1. The van der Waals surface area contributed by atoms with Gasteiger partial charge in [0.2, 0.25) is 0 Å². The lowest BCUT2D eigenvalue weighted by Gasteiger charge is -2.21. The van der Waals surface area contributed by atoms with Gasteiger partial charge >= 0.3 is 0 Å². The van der Waals surface area contributed by atoms with Crippen LogP contribution in [0.15, 0.2) is 48.7 Å². The van der Waals surface area contributed by atoms with Gasteiger partial charge in [-0.15, -0.1) is 0 Å². The molecule has 1 aromatic carbocycles. The first-order valence-corrected chi connectivity index (χ1v) is 8.82. The number of aromatic nitrogens is 1. The summed E-state index contributed by atoms with van der Waals surface area (Å²) in [6.45, 7) is 8.30. The summed E-state index contributed by atoms with van der Waals surface area (Å²) in [5.41, 5.74) is 1.96. The summed E-state index contributed by atoms with van der Waals surface area (Å²) in [6.07, 6.45) is 1.70. The maximum atomic E-state index is 12.1. The summed E-state index contributed by atoms with van der Waals surface area (Å²) in [6, 6.07) is 13.7. The first-order valence-electron chi connectivity index (χ1n) is 7.67. The van der Waals surface area contributed by atoms with E-state index in [0.717, 1.165) is 17.0 Å². The Morgan fingerprint density at radius 1 is 1.17 bits per heavy atom. The van der Waals surface area contributed by atoms with E-state index in [1.807, 2.05) is 70.2 Å². The fourth-order valence-corrected chi connectivity index (χ4v) is 2.67. The van der Waals surface area contributed by atoms with Crippen molar-refractivity contribution in [2.75, 3.05) is 0 Å². The van der Waals surface area contributed by atoms with Crippen LogP contribution in [-0.2, 0) is 17.6 Å². The van der Waals surface area contributed by atoms with Gasteiger partial charge < -0.3 is 4.74 Å². The third-order valence-electron chi connectivity index (χ3n) is 3.29. The van der Waals surface area contributed by atoms with Crippen LogP contribution in [0.3, 0.4) is 0 Å². The van der Waals surface area contributed by atoms with E-state index < -0.39 is 11.0 Å². The third kappa shape index (κ3) is 5.44. The van der Waals surface area contributed by atoms with Crippen molar-refractivity contribution in [2.45, 2.75) is 45.1 Å². The molecule has 0 bridgehead atoms. The van der Waals surface area contributed by atoms with Crippen LogP contribution < -0.4 is 9.46 Å². The van der Waals surface area contributed by atoms with Crippen molar-refractivity contribution in [1.29, 1.82) is 0 Å². The molecule has 0 saturated carbocycles. The second kappa shape index (κ2) is 7.70. The van der Waals surface area contributed by atoms with E-state index in [4.69, 9.17) is 4.74 Å². The molecule has 0 amide bonds. The Kier molecular flexibility index (Phi) is 5.91. The summed E-state index contributed by atoms with van der Waals surface area (Å²) in [5.74, 6) is 0.724. The van der Waals surface area contributed by atoms with Crippen molar-refractivity contribution in [2.24, 2.45) is 0 Å². The van der Waals surface area contributed by atoms with Crippen LogP contribution in [0.25, 0.3) is 0 Å². The normalized spacial score (nSPS) is 14.3. The Morgan fingerprint density at radius 3 is 2.43 bits per heavy atom. The highest BCUT2D eigenvalue weighted by Gasteiger charge is 2.22. The molecule has 4 nitrogen and oxygen atoms in total. The number of nitrogens with one attached hydrogen (secondary N) is 1. The van der Waals surface area contributed by atoms with Crippen LogP contribution in [0.4, 0.5) is 0 Å². The average Bonchev–Trinajstić information content (AvgIpc) is 2.53. The van der Waals surface area contributed by atoms with Crippen LogP contribution in [0.5, 0.6) is 5.75 Å². The molecule has 2 rings (SSSR count). The molecule has 2 atom stereocenters. The second-order valence-electron chi connectivity index (χ2n) is 6.41. The summed E-state index contributed by atoms with van der Waals surface area (Å²) in [4.78, 5) is 4.40. The fraction of sp³-hybridized carbons (Fsp3) is 0.389. The maximum Gasteiger partial charge on any atom is 0.138 e. The van der Waals surface area contributed by atoms with Crippen molar-refractivity contribution < 1.29 is 8.95 Å². The lowest BCUT2D eigenvalue weighted by Crippen LogP contribution is -2.35. The molecule has 124 valence electrons. The van der Waals surface area contributed by atoms with Crippen LogP contribution in [0, 0.1) is 0 Å². The van der Waals surface area contributed by atoms with E-state index in [-0.39, 0.29) is 10.8 Å². The van der Waals surface area contributed by atoms with Crippen molar-refractivity contribution in [3.63, 3.8) is 0 Å². The monoisotopic (exact) mass is 332 g/mol. The van der Waals surface area contributed by atoms with E-state index >= 15 is 0 Å². The molecule has 0 fully saturated rings. The molecule has 0 saturated heterocycles. The number of rotatable bonds is 6. The number of hydrogen-bond donors (Lipinski definition) is 1. The highest BCUT2D eigenvalue weighted by Crippen LogP contribution is 2.18. The van der Waals surface area contributed by atoms with E-state index in [9.17, 15) is 4.21 Å². The summed E-state index contributed by atoms with van der Waals surface area (Å²) >= 11 is 0. The van der Waals surface area contributed by atoms with Gasteiger partial charge in [-0.1, -0.05) is 30.3 Å². The fourth-order valence-electron chi connectivity index (χ4n) is 1.87. The minimum atomic E-state index is -1.12. The smallest absolute Gasteiger partial charge is 0.138 e. The van der Waals surface area contributed by atoms with Gasteiger partial charge in [0, 0.05) is 0 Å². The van der Waals surface area contributed by atoms with Crippen molar-refractivity contribution in [3.8, 4) is 5.75 Å². The Labute approximate surface area is 140 Å². The van der Waals surface area contributed by atoms with E-state index in [0.29, 0.717) is 6.61 Å². The van der Waals surface area contributed by atoms with Gasteiger partial charge in [0.15, 0.2) is 0 Å². The zero-order chi connectivity index (χ0) is 16.9. The summed E-state index contributed by atoms with van der Waals surface area (Å²) in [7, 11) is -1.12. The third-order valence-corrected chi connectivity index (χ3v) is 4.97. The lowest BCUT2D eigenvalue weighted by molar-refractivity contribution is 0.304. The second-order valence-corrected chi connectivity index (χ2v) is 8.41. The van der Waals surface area contributed by atoms with Gasteiger partial charge in [-0.2, -0.15) is 0 Å². The molecule has 5 heteroatoms. The van der Waals surface area contributed by atoms with E-state index in [2.05, 4.69) is 9.71 Å². The maximum absolute atomic E-state index is 12.1. The van der Waals surface area contributed by atoms with Crippen molar-refractivity contribution in [1.82, 2.24) is 9.71 Å². The summed E-state index contributed by atoms with van der Waals surface area (Å²) in [5, 5.41) is 0. The summed E-state index contributed by atoms with van der Waals surface area (Å²) < 4.78 is 20.6. The number of benzene rings is 1. The first-order chi connectivity index (χ1) is 10.9. The van der Waals surface area contributed by atoms with Gasteiger partial charge in [0.1, 0.15) is 12.4 Å². The van der Waals surface area contributed by atoms with E-state index in [1.54, 1.807) is 6.20 Å². The van der Waals surface area contributed by atoms with Gasteiger partial charge in [-0.05, 0) is 45.4 Å². The molecule has 0 aliphatic rings. The molecule has 0 aliphatic carbocycles. The molecular weight excluding hydrogens is 308 g/mol. The van der Waals surface area contributed by atoms with E-state index in [1.165, 1.54) is 0 Å².